The minimum atomic E-state index is -0.703. The molecule has 0 heterocycles. The first-order chi connectivity index (χ1) is 9.08. The zero-order valence-corrected chi connectivity index (χ0v) is 11.4. The fourth-order valence-electron chi connectivity index (χ4n) is 1.55. The number of carbonyl (C=O) groups excluding carboxylic acids is 2. The van der Waals surface area contributed by atoms with Crippen LogP contribution in [-0.4, -0.2) is 25.2 Å². The van der Waals surface area contributed by atoms with Gasteiger partial charge in [-0.2, -0.15) is 0 Å². The van der Waals surface area contributed by atoms with Crippen LogP contribution in [-0.2, 0) is 9.53 Å². The first-order valence-electron chi connectivity index (χ1n) is 6.19. The van der Waals surface area contributed by atoms with Crippen molar-refractivity contribution in [1.82, 2.24) is 5.32 Å². The second kappa shape index (κ2) is 7.41. The van der Waals surface area contributed by atoms with Crippen LogP contribution < -0.4 is 10.1 Å². The minimum absolute atomic E-state index is 0.0317. The molecule has 1 aromatic rings. The van der Waals surface area contributed by atoms with Crippen molar-refractivity contribution in [2.45, 2.75) is 26.3 Å². The maximum atomic E-state index is 11.7. The van der Waals surface area contributed by atoms with Gasteiger partial charge in [0, 0.05) is 0 Å². The number of rotatable bonds is 5. The van der Waals surface area contributed by atoms with E-state index >= 15 is 0 Å². The number of carbonyl (C=O) groups is 2. The van der Waals surface area contributed by atoms with Gasteiger partial charge in [0.05, 0.1) is 7.11 Å². The lowest BCUT2D eigenvalue weighted by Gasteiger charge is -2.21. The molecule has 0 spiro atoms. The third kappa shape index (κ3) is 4.62. The number of amides is 1. The van der Waals surface area contributed by atoms with Crippen molar-refractivity contribution in [3.8, 4) is 5.75 Å². The molecule has 0 aromatic heterocycles. The molecule has 19 heavy (non-hydrogen) atoms. The van der Waals surface area contributed by atoms with Gasteiger partial charge in [0.25, 0.3) is 0 Å². The third-order valence-electron chi connectivity index (χ3n) is 2.90. The van der Waals surface area contributed by atoms with Crippen molar-refractivity contribution < 1.29 is 19.1 Å². The van der Waals surface area contributed by atoms with E-state index < -0.39 is 18.1 Å². The van der Waals surface area contributed by atoms with E-state index in [1.807, 2.05) is 19.9 Å². The molecule has 104 valence electrons. The Kier molecular flexibility index (Phi) is 5.85. The van der Waals surface area contributed by atoms with Crippen molar-refractivity contribution in [3.63, 3.8) is 0 Å². The summed E-state index contributed by atoms with van der Waals surface area (Å²) in [6.07, 6.45) is 0.0765. The van der Waals surface area contributed by atoms with Crippen LogP contribution in [0.15, 0.2) is 30.3 Å². The Morgan fingerprint density at radius 3 is 2.42 bits per heavy atom. The summed E-state index contributed by atoms with van der Waals surface area (Å²) in [5, 5.41) is 2.53. The minimum Gasteiger partial charge on any atom is -0.467 e. The van der Waals surface area contributed by atoms with E-state index in [1.54, 1.807) is 24.3 Å². The standard InChI is InChI=1S/C14H19NO4/c1-4-10(2)12(13(16)18-3)15-14(17)19-11-8-6-5-7-9-11/h5-10,12H,4H2,1-3H3,(H,15,17)/t10-,12+/m1/s1. The number of para-hydroxylation sites is 1. The van der Waals surface area contributed by atoms with E-state index in [1.165, 1.54) is 7.11 Å². The molecule has 1 amide bonds. The molecule has 1 rings (SSSR count). The van der Waals surface area contributed by atoms with Gasteiger partial charge in [-0.1, -0.05) is 38.5 Å². The van der Waals surface area contributed by atoms with Gasteiger partial charge in [-0.05, 0) is 18.1 Å². The second-order valence-electron chi connectivity index (χ2n) is 4.23. The Hall–Kier alpha value is -2.04. The van der Waals surface area contributed by atoms with Crippen LogP contribution in [0.2, 0.25) is 0 Å². The lowest BCUT2D eigenvalue weighted by molar-refractivity contribution is -0.144. The summed E-state index contributed by atoms with van der Waals surface area (Å²) < 4.78 is 9.75. The first-order valence-corrected chi connectivity index (χ1v) is 6.19. The molecule has 0 unspecified atom stereocenters. The maximum Gasteiger partial charge on any atom is 0.413 e. The van der Waals surface area contributed by atoms with E-state index in [-0.39, 0.29) is 5.92 Å². The second-order valence-corrected chi connectivity index (χ2v) is 4.23. The molecule has 0 radical (unpaired) electrons. The molecule has 0 aliphatic carbocycles. The zero-order chi connectivity index (χ0) is 14.3. The van der Waals surface area contributed by atoms with E-state index in [0.717, 1.165) is 6.42 Å². The highest BCUT2D eigenvalue weighted by Gasteiger charge is 2.27. The van der Waals surface area contributed by atoms with Crippen LogP contribution in [0, 0.1) is 5.92 Å². The van der Waals surface area contributed by atoms with Crippen LogP contribution in [0.5, 0.6) is 5.75 Å². The maximum absolute atomic E-state index is 11.7. The summed E-state index contributed by atoms with van der Waals surface area (Å²) in [6.45, 7) is 3.80. The fraction of sp³-hybridized carbons (Fsp3) is 0.429. The molecule has 0 aliphatic heterocycles. The number of hydrogen-bond acceptors (Lipinski definition) is 4. The van der Waals surface area contributed by atoms with Gasteiger partial charge >= 0.3 is 12.1 Å². The lowest BCUT2D eigenvalue weighted by Crippen LogP contribution is -2.46. The number of benzene rings is 1. The Labute approximate surface area is 112 Å². The van der Waals surface area contributed by atoms with Crippen LogP contribution in [0.3, 0.4) is 0 Å². The smallest absolute Gasteiger partial charge is 0.413 e. The molecule has 0 saturated heterocycles. The fourth-order valence-corrected chi connectivity index (χ4v) is 1.55. The molecule has 5 nitrogen and oxygen atoms in total. The number of hydrogen-bond donors (Lipinski definition) is 1. The van der Waals surface area contributed by atoms with E-state index in [2.05, 4.69) is 10.1 Å². The summed E-state index contributed by atoms with van der Waals surface area (Å²) in [5.74, 6) is -0.0806. The molecule has 0 fully saturated rings. The lowest BCUT2D eigenvalue weighted by atomic mass is 9.99. The normalized spacial score (nSPS) is 13.2. The highest BCUT2D eigenvalue weighted by Crippen LogP contribution is 2.11. The Balaban J connectivity index is 2.64. The van der Waals surface area contributed by atoms with Crippen LogP contribution >= 0.6 is 0 Å². The Bertz CT molecular complexity index is 419. The molecule has 5 heteroatoms. The topological polar surface area (TPSA) is 64.6 Å². The van der Waals surface area contributed by atoms with Crippen LogP contribution in [0.25, 0.3) is 0 Å². The van der Waals surface area contributed by atoms with Gasteiger partial charge < -0.3 is 14.8 Å². The average Bonchev–Trinajstić information content (AvgIpc) is 2.44. The zero-order valence-electron chi connectivity index (χ0n) is 11.4. The predicted octanol–water partition coefficient (Wildman–Crippen LogP) is 2.36. The quantitative estimate of drug-likeness (QED) is 0.830. The van der Waals surface area contributed by atoms with Gasteiger partial charge in [0.15, 0.2) is 0 Å². The highest BCUT2D eigenvalue weighted by atomic mass is 16.6. The molecular formula is C14H19NO4. The van der Waals surface area contributed by atoms with E-state index in [9.17, 15) is 9.59 Å². The summed E-state index contributed by atoms with van der Waals surface area (Å²) in [4.78, 5) is 23.3. The number of esters is 1. The summed E-state index contributed by atoms with van der Waals surface area (Å²) in [6, 6.07) is 7.96. The SMILES string of the molecule is CC[C@@H](C)[C@H](NC(=O)Oc1ccccc1)C(=O)OC. The van der Waals surface area contributed by atoms with Crippen molar-refractivity contribution in [2.75, 3.05) is 7.11 Å². The van der Waals surface area contributed by atoms with Crippen molar-refractivity contribution in [3.05, 3.63) is 30.3 Å². The number of methoxy groups -OCH3 is 1. The average molecular weight is 265 g/mol. The molecule has 1 N–H and O–H groups in total. The van der Waals surface area contributed by atoms with Gasteiger partial charge in [-0.15, -0.1) is 0 Å². The van der Waals surface area contributed by atoms with Gasteiger partial charge in [-0.3, -0.25) is 0 Å². The third-order valence-corrected chi connectivity index (χ3v) is 2.90. The highest BCUT2D eigenvalue weighted by molar-refractivity contribution is 5.82. The molecule has 0 saturated carbocycles. The molecule has 0 aliphatic rings. The largest absolute Gasteiger partial charge is 0.467 e. The van der Waals surface area contributed by atoms with Gasteiger partial charge in [0.1, 0.15) is 11.8 Å². The van der Waals surface area contributed by atoms with Gasteiger partial charge in [0.2, 0.25) is 0 Å². The van der Waals surface area contributed by atoms with Gasteiger partial charge in [-0.25, -0.2) is 9.59 Å². The summed E-state index contributed by atoms with van der Waals surface area (Å²) in [5.41, 5.74) is 0. The summed E-state index contributed by atoms with van der Waals surface area (Å²) >= 11 is 0. The first kappa shape index (κ1) is 15.0. The molecular weight excluding hydrogens is 246 g/mol. The Morgan fingerprint density at radius 1 is 1.26 bits per heavy atom. The Morgan fingerprint density at radius 2 is 1.89 bits per heavy atom. The van der Waals surface area contributed by atoms with E-state index in [0.29, 0.717) is 5.75 Å². The van der Waals surface area contributed by atoms with E-state index in [4.69, 9.17) is 4.74 Å². The van der Waals surface area contributed by atoms with Crippen LogP contribution in [0.1, 0.15) is 20.3 Å². The molecule has 0 bridgehead atoms. The molecule has 1 aromatic carbocycles. The van der Waals surface area contributed by atoms with Crippen molar-refractivity contribution >= 4 is 12.1 Å². The molecule has 2 atom stereocenters. The summed E-state index contributed by atoms with van der Waals surface area (Å²) in [7, 11) is 1.29. The predicted molar refractivity (Wildman–Crippen MR) is 70.9 cm³/mol. The monoisotopic (exact) mass is 265 g/mol. The number of nitrogens with one attached hydrogen (secondary N) is 1. The van der Waals surface area contributed by atoms with Crippen molar-refractivity contribution in [1.29, 1.82) is 0 Å². The number of ether oxygens (including phenoxy) is 2. The van der Waals surface area contributed by atoms with Crippen LogP contribution in [0.4, 0.5) is 4.79 Å². The van der Waals surface area contributed by atoms with Crippen molar-refractivity contribution in [2.24, 2.45) is 5.92 Å².